The largest absolute Gasteiger partial charge is 0.309 e. The molecular formula is C12H19N5. The van der Waals surface area contributed by atoms with Gasteiger partial charge in [0.05, 0.1) is 17.4 Å². The van der Waals surface area contributed by atoms with Crippen molar-refractivity contribution in [3.8, 4) is 0 Å². The van der Waals surface area contributed by atoms with Crippen molar-refractivity contribution >= 4 is 0 Å². The summed E-state index contributed by atoms with van der Waals surface area (Å²) < 4.78 is 3.66. The number of hydrogen-bond donors (Lipinski definition) is 1. The molecule has 0 amide bonds. The Morgan fingerprint density at radius 2 is 1.88 bits per heavy atom. The first-order chi connectivity index (χ1) is 8.19. The van der Waals surface area contributed by atoms with E-state index in [4.69, 9.17) is 0 Å². The fourth-order valence-electron chi connectivity index (χ4n) is 1.93. The van der Waals surface area contributed by atoms with Gasteiger partial charge in [-0.2, -0.15) is 10.2 Å². The van der Waals surface area contributed by atoms with Crippen molar-refractivity contribution in [2.45, 2.75) is 19.4 Å². The van der Waals surface area contributed by atoms with Crippen LogP contribution in [0.2, 0.25) is 0 Å². The van der Waals surface area contributed by atoms with Crippen molar-refractivity contribution in [3.05, 3.63) is 35.9 Å². The van der Waals surface area contributed by atoms with E-state index in [2.05, 4.69) is 28.5 Å². The summed E-state index contributed by atoms with van der Waals surface area (Å²) in [4.78, 5) is 0. The zero-order valence-corrected chi connectivity index (χ0v) is 10.6. The van der Waals surface area contributed by atoms with Crippen molar-refractivity contribution in [1.82, 2.24) is 24.9 Å². The summed E-state index contributed by atoms with van der Waals surface area (Å²) in [7, 11) is 3.87. The Morgan fingerprint density at radius 3 is 2.41 bits per heavy atom. The molecule has 2 rings (SSSR count). The summed E-state index contributed by atoms with van der Waals surface area (Å²) in [6.07, 6.45) is 4.81. The number of aryl methyl sites for hydroxylation is 2. The quantitative estimate of drug-likeness (QED) is 0.839. The molecule has 0 bridgehead atoms. The van der Waals surface area contributed by atoms with Crippen LogP contribution in [0.5, 0.6) is 0 Å². The SMILES string of the molecule is CCNC(Cc1ccn(C)n1)c1ccn(C)n1. The van der Waals surface area contributed by atoms with Gasteiger partial charge >= 0.3 is 0 Å². The van der Waals surface area contributed by atoms with Crippen LogP contribution in [0, 0.1) is 0 Å². The third kappa shape index (κ3) is 2.94. The minimum atomic E-state index is 0.233. The molecule has 2 heterocycles. The van der Waals surface area contributed by atoms with Crippen LogP contribution in [0.3, 0.4) is 0 Å². The topological polar surface area (TPSA) is 47.7 Å². The highest BCUT2D eigenvalue weighted by molar-refractivity contribution is 5.11. The molecule has 17 heavy (non-hydrogen) atoms. The van der Waals surface area contributed by atoms with Gasteiger partial charge in [0.15, 0.2) is 0 Å². The third-order valence-electron chi connectivity index (χ3n) is 2.72. The number of aromatic nitrogens is 4. The Morgan fingerprint density at radius 1 is 1.18 bits per heavy atom. The molecule has 0 aliphatic heterocycles. The highest BCUT2D eigenvalue weighted by Crippen LogP contribution is 2.15. The van der Waals surface area contributed by atoms with Gasteiger partial charge in [-0.05, 0) is 18.7 Å². The molecule has 2 aromatic heterocycles. The fraction of sp³-hybridized carbons (Fsp3) is 0.500. The van der Waals surface area contributed by atoms with E-state index >= 15 is 0 Å². The number of hydrogen-bond acceptors (Lipinski definition) is 3. The molecule has 5 nitrogen and oxygen atoms in total. The van der Waals surface area contributed by atoms with Crippen LogP contribution >= 0.6 is 0 Å². The summed E-state index contributed by atoms with van der Waals surface area (Å²) >= 11 is 0. The smallest absolute Gasteiger partial charge is 0.0797 e. The standard InChI is InChI=1S/C12H19N5/c1-4-13-12(11-6-8-17(3)15-11)9-10-5-7-16(2)14-10/h5-8,12-13H,4,9H2,1-3H3. The lowest BCUT2D eigenvalue weighted by Crippen LogP contribution is -2.23. The molecule has 0 saturated carbocycles. The lowest BCUT2D eigenvalue weighted by atomic mass is 10.1. The maximum atomic E-state index is 4.45. The van der Waals surface area contributed by atoms with Crippen LogP contribution in [-0.4, -0.2) is 26.1 Å². The molecule has 1 atom stereocenters. The second kappa shape index (κ2) is 5.14. The van der Waals surface area contributed by atoms with Crippen LogP contribution in [0.15, 0.2) is 24.5 Å². The molecule has 0 saturated heterocycles. The molecular weight excluding hydrogens is 214 g/mol. The molecule has 0 aromatic carbocycles. The van der Waals surface area contributed by atoms with Crippen molar-refractivity contribution in [2.24, 2.45) is 14.1 Å². The van der Waals surface area contributed by atoms with E-state index in [1.54, 1.807) is 0 Å². The molecule has 0 aliphatic carbocycles. The van der Waals surface area contributed by atoms with Crippen LogP contribution < -0.4 is 5.32 Å². The van der Waals surface area contributed by atoms with Gasteiger partial charge in [-0.3, -0.25) is 9.36 Å². The Labute approximate surface area is 101 Å². The Balaban J connectivity index is 2.12. The molecule has 0 aliphatic rings. The Kier molecular flexibility index (Phi) is 3.58. The minimum Gasteiger partial charge on any atom is -0.309 e. The highest BCUT2D eigenvalue weighted by Gasteiger charge is 2.14. The second-order valence-corrected chi connectivity index (χ2v) is 4.21. The van der Waals surface area contributed by atoms with Gasteiger partial charge in [-0.1, -0.05) is 6.92 Å². The van der Waals surface area contributed by atoms with Gasteiger partial charge in [-0.15, -0.1) is 0 Å². The van der Waals surface area contributed by atoms with Crippen molar-refractivity contribution < 1.29 is 0 Å². The fourth-order valence-corrected chi connectivity index (χ4v) is 1.93. The first-order valence-electron chi connectivity index (χ1n) is 5.90. The third-order valence-corrected chi connectivity index (χ3v) is 2.72. The van der Waals surface area contributed by atoms with Gasteiger partial charge < -0.3 is 5.32 Å². The summed E-state index contributed by atoms with van der Waals surface area (Å²) in [5.74, 6) is 0. The van der Waals surface area contributed by atoms with Crippen LogP contribution in [0.25, 0.3) is 0 Å². The molecule has 5 heteroatoms. The van der Waals surface area contributed by atoms with Crippen molar-refractivity contribution in [2.75, 3.05) is 6.54 Å². The molecule has 1 N–H and O–H groups in total. The van der Waals surface area contributed by atoms with E-state index in [1.165, 1.54) is 0 Å². The maximum Gasteiger partial charge on any atom is 0.0797 e. The normalized spacial score (nSPS) is 12.9. The summed E-state index contributed by atoms with van der Waals surface area (Å²) in [6, 6.07) is 4.33. The second-order valence-electron chi connectivity index (χ2n) is 4.21. The number of rotatable bonds is 5. The first-order valence-corrected chi connectivity index (χ1v) is 5.90. The Hall–Kier alpha value is -1.62. The molecule has 2 aromatic rings. The van der Waals surface area contributed by atoms with E-state index in [-0.39, 0.29) is 6.04 Å². The van der Waals surface area contributed by atoms with Crippen molar-refractivity contribution in [1.29, 1.82) is 0 Å². The Bertz CT molecular complexity index is 471. The summed E-state index contributed by atoms with van der Waals surface area (Å²) in [6.45, 7) is 3.03. The monoisotopic (exact) mass is 233 g/mol. The average molecular weight is 233 g/mol. The molecule has 0 spiro atoms. The summed E-state index contributed by atoms with van der Waals surface area (Å²) in [5.41, 5.74) is 2.16. The molecule has 92 valence electrons. The minimum absolute atomic E-state index is 0.233. The van der Waals surface area contributed by atoms with Crippen LogP contribution in [0.4, 0.5) is 0 Å². The molecule has 0 radical (unpaired) electrons. The van der Waals surface area contributed by atoms with E-state index < -0.39 is 0 Å². The maximum absolute atomic E-state index is 4.45. The van der Waals surface area contributed by atoms with Crippen molar-refractivity contribution in [3.63, 3.8) is 0 Å². The average Bonchev–Trinajstić information content (AvgIpc) is 2.87. The van der Waals surface area contributed by atoms with E-state index in [1.807, 2.05) is 41.9 Å². The molecule has 0 fully saturated rings. The highest BCUT2D eigenvalue weighted by atomic mass is 15.3. The predicted molar refractivity (Wildman–Crippen MR) is 66.5 cm³/mol. The van der Waals surface area contributed by atoms with Crippen LogP contribution in [-0.2, 0) is 20.5 Å². The summed E-state index contributed by atoms with van der Waals surface area (Å²) in [5, 5.41) is 12.3. The predicted octanol–water partition coefficient (Wildman–Crippen LogP) is 1.05. The van der Waals surface area contributed by atoms with Gasteiger partial charge in [0.25, 0.3) is 0 Å². The first kappa shape index (κ1) is 11.9. The molecule has 1 unspecified atom stereocenters. The lowest BCUT2D eigenvalue weighted by molar-refractivity contribution is 0.519. The van der Waals surface area contributed by atoms with E-state index in [0.717, 1.165) is 24.4 Å². The van der Waals surface area contributed by atoms with E-state index in [0.29, 0.717) is 0 Å². The van der Waals surface area contributed by atoms with Gasteiger partial charge in [0, 0.05) is 32.9 Å². The number of nitrogens with one attached hydrogen (secondary N) is 1. The number of likely N-dealkylation sites (N-methyl/N-ethyl adjacent to an activating group) is 1. The van der Waals surface area contributed by atoms with Gasteiger partial charge in [-0.25, -0.2) is 0 Å². The van der Waals surface area contributed by atoms with Gasteiger partial charge in [0.1, 0.15) is 0 Å². The zero-order chi connectivity index (χ0) is 12.3. The lowest BCUT2D eigenvalue weighted by Gasteiger charge is -2.14. The van der Waals surface area contributed by atoms with E-state index in [9.17, 15) is 0 Å². The zero-order valence-electron chi connectivity index (χ0n) is 10.6. The van der Waals surface area contributed by atoms with Crippen LogP contribution in [0.1, 0.15) is 24.4 Å². The van der Waals surface area contributed by atoms with Gasteiger partial charge in [0.2, 0.25) is 0 Å². The number of nitrogens with zero attached hydrogens (tertiary/aromatic N) is 4.